The molecule has 1 aliphatic heterocycles. The van der Waals surface area contributed by atoms with Gasteiger partial charge in [0.1, 0.15) is 5.82 Å². The van der Waals surface area contributed by atoms with Crippen LogP contribution in [0, 0.1) is 11.7 Å². The largest absolute Gasteiger partial charge is 0.340 e. The average molecular weight is 360 g/mol. The Labute approximate surface area is 152 Å². The molecular formula is C18H25FN6O. The van der Waals surface area contributed by atoms with Gasteiger partial charge in [0.25, 0.3) is 0 Å². The number of amides is 1. The minimum atomic E-state index is -0.290. The van der Waals surface area contributed by atoms with Crippen LogP contribution >= 0.6 is 0 Å². The van der Waals surface area contributed by atoms with Crippen molar-refractivity contribution >= 4 is 5.91 Å². The fourth-order valence-corrected chi connectivity index (χ4v) is 3.31. The lowest BCUT2D eigenvalue weighted by Gasteiger charge is -2.36. The van der Waals surface area contributed by atoms with Crippen molar-refractivity contribution in [3.8, 4) is 5.69 Å². The predicted octanol–water partition coefficient (Wildman–Crippen LogP) is 1.88. The van der Waals surface area contributed by atoms with Crippen LogP contribution in [-0.2, 0) is 11.3 Å². The molecule has 0 aliphatic carbocycles. The van der Waals surface area contributed by atoms with Gasteiger partial charge in [-0.1, -0.05) is 13.8 Å². The van der Waals surface area contributed by atoms with Gasteiger partial charge in [0.2, 0.25) is 5.91 Å². The summed E-state index contributed by atoms with van der Waals surface area (Å²) in [5.41, 5.74) is 0.731. The van der Waals surface area contributed by atoms with Crippen LogP contribution in [-0.4, -0.2) is 62.1 Å². The zero-order chi connectivity index (χ0) is 18.5. The SMILES string of the molecule is CCC(CC)C(=O)N1CCN(Cc2nnnn2-c2ccc(F)cc2)CC1. The van der Waals surface area contributed by atoms with Gasteiger partial charge in [-0.15, -0.1) is 5.10 Å². The Hall–Kier alpha value is -2.35. The lowest BCUT2D eigenvalue weighted by Crippen LogP contribution is -2.50. The molecule has 1 aromatic heterocycles. The van der Waals surface area contributed by atoms with Gasteiger partial charge in [-0.05, 0) is 47.5 Å². The number of aromatic nitrogens is 4. The van der Waals surface area contributed by atoms with Gasteiger partial charge in [0.15, 0.2) is 5.82 Å². The third-order valence-electron chi connectivity index (χ3n) is 4.99. The monoisotopic (exact) mass is 360 g/mol. The molecule has 1 fully saturated rings. The maximum absolute atomic E-state index is 13.1. The van der Waals surface area contributed by atoms with E-state index in [2.05, 4.69) is 34.3 Å². The minimum Gasteiger partial charge on any atom is -0.340 e. The average Bonchev–Trinajstić information content (AvgIpc) is 3.12. The molecule has 0 bridgehead atoms. The maximum Gasteiger partial charge on any atom is 0.225 e. The highest BCUT2D eigenvalue weighted by Gasteiger charge is 2.26. The van der Waals surface area contributed by atoms with E-state index >= 15 is 0 Å². The molecule has 2 heterocycles. The predicted molar refractivity (Wildman–Crippen MR) is 95.0 cm³/mol. The van der Waals surface area contributed by atoms with E-state index in [0.29, 0.717) is 12.4 Å². The Bertz CT molecular complexity index is 720. The van der Waals surface area contributed by atoms with Gasteiger partial charge in [-0.25, -0.2) is 4.39 Å². The van der Waals surface area contributed by atoms with Crippen LogP contribution in [0.1, 0.15) is 32.5 Å². The summed E-state index contributed by atoms with van der Waals surface area (Å²) < 4.78 is 14.7. The molecule has 1 aliphatic rings. The van der Waals surface area contributed by atoms with Crippen molar-refractivity contribution in [1.82, 2.24) is 30.0 Å². The van der Waals surface area contributed by atoms with Crippen LogP contribution < -0.4 is 0 Å². The smallest absolute Gasteiger partial charge is 0.225 e. The summed E-state index contributed by atoms with van der Waals surface area (Å²) in [7, 11) is 0. The van der Waals surface area contributed by atoms with Crippen LogP contribution in [0.4, 0.5) is 4.39 Å². The number of halogens is 1. The normalized spacial score (nSPS) is 15.6. The van der Waals surface area contributed by atoms with Crippen molar-refractivity contribution in [2.45, 2.75) is 33.2 Å². The Morgan fingerprint density at radius 1 is 1.12 bits per heavy atom. The van der Waals surface area contributed by atoms with Gasteiger partial charge < -0.3 is 4.90 Å². The van der Waals surface area contributed by atoms with Crippen LogP contribution in [0.25, 0.3) is 5.69 Å². The van der Waals surface area contributed by atoms with Crippen LogP contribution in [0.15, 0.2) is 24.3 Å². The Morgan fingerprint density at radius 2 is 1.77 bits per heavy atom. The lowest BCUT2D eigenvalue weighted by atomic mass is 10.0. The van der Waals surface area contributed by atoms with Gasteiger partial charge >= 0.3 is 0 Å². The summed E-state index contributed by atoms with van der Waals surface area (Å²) in [5, 5.41) is 11.9. The molecule has 0 unspecified atom stereocenters. The van der Waals surface area contributed by atoms with E-state index in [-0.39, 0.29) is 17.6 Å². The van der Waals surface area contributed by atoms with Crippen LogP contribution in [0.5, 0.6) is 0 Å². The lowest BCUT2D eigenvalue weighted by molar-refractivity contribution is -0.137. The zero-order valence-electron chi connectivity index (χ0n) is 15.3. The highest BCUT2D eigenvalue weighted by atomic mass is 19.1. The second-order valence-corrected chi connectivity index (χ2v) is 6.60. The molecule has 0 spiro atoms. The van der Waals surface area contributed by atoms with Gasteiger partial charge in [0, 0.05) is 32.1 Å². The number of piperazine rings is 1. The van der Waals surface area contributed by atoms with Crippen LogP contribution in [0.3, 0.4) is 0 Å². The Balaban J connectivity index is 1.60. The first-order valence-corrected chi connectivity index (χ1v) is 9.16. The first kappa shape index (κ1) is 18.4. The molecule has 8 heteroatoms. The van der Waals surface area contributed by atoms with E-state index in [1.54, 1.807) is 16.8 Å². The molecule has 1 saturated heterocycles. The van der Waals surface area contributed by atoms with Crippen molar-refractivity contribution < 1.29 is 9.18 Å². The van der Waals surface area contributed by atoms with E-state index in [0.717, 1.165) is 44.7 Å². The topological polar surface area (TPSA) is 67.2 Å². The van der Waals surface area contributed by atoms with Gasteiger partial charge in [-0.2, -0.15) is 4.68 Å². The number of hydrogen-bond acceptors (Lipinski definition) is 5. The molecule has 7 nitrogen and oxygen atoms in total. The molecule has 0 saturated carbocycles. The van der Waals surface area contributed by atoms with Crippen molar-refractivity contribution in [2.24, 2.45) is 5.92 Å². The second-order valence-electron chi connectivity index (χ2n) is 6.60. The first-order chi connectivity index (χ1) is 12.6. The summed E-state index contributed by atoms with van der Waals surface area (Å²) in [6, 6.07) is 6.09. The number of benzene rings is 1. The summed E-state index contributed by atoms with van der Waals surface area (Å²) in [4.78, 5) is 16.7. The fourth-order valence-electron chi connectivity index (χ4n) is 3.31. The summed E-state index contributed by atoms with van der Waals surface area (Å²) >= 11 is 0. The first-order valence-electron chi connectivity index (χ1n) is 9.16. The second kappa shape index (κ2) is 8.35. The molecule has 26 heavy (non-hydrogen) atoms. The standard InChI is InChI=1S/C18H25FN6O/c1-3-14(4-2)18(26)24-11-9-23(10-12-24)13-17-20-21-22-25(17)16-7-5-15(19)6-8-16/h5-8,14H,3-4,9-13H2,1-2H3. The molecule has 0 radical (unpaired) electrons. The molecule has 0 atom stereocenters. The third-order valence-corrected chi connectivity index (χ3v) is 4.99. The highest BCUT2D eigenvalue weighted by Crippen LogP contribution is 2.16. The molecule has 140 valence electrons. The number of carbonyl (C=O) groups excluding carboxylic acids is 1. The van der Waals surface area contributed by atoms with Gasteiger partial charge in [0.05, 0.1) is 12.2 Å². The fraction of sp³-hybridized carbons (Fsp3) is 0.556. The summed E-state index contributed by atoms with van der Waals surface area (Å²) in [5.74, 6) is 0.816. The summed E-state index contributed by atoms with van der Waals surface area (Å²) in [6.07, 6.45) is 1.78. The van der Waals surface area contributed by atoms with Crippen LogP contribution in [0.2, 0.25) is 0 Å². The van der Waals surface area contributed by atoms with Crippen molar-refractivity contribution in [2.75, 3.05) is 26.2 Å². The zero-order valence-corrected chi connectivity index (χ0v) is 15.3. The van der Waals surface area contributed by atoms with Gasteiger partial charge in [-0.3, -0.25) is 9.69 Å². The third kappa shape index (κ3) is 4.07. The maximum atomic E-state index is 13.1. The number of tetrazole rings is 1. The number of carbonyl (C=O) groups is 1. The van der Waals surface area contributed by atoms with E-state index < -0.39 is 0 Å². The summed E-state index contributed by atoms with van der Waals surface area (Å²) in [6.45, 7) is 7.78. The molecule has 1 aromatic carbocycles. The number of rotatable bonds is 6. The molecule has 2 aromatic rings. The molecule has 0 N–H and O–H groups in total. The van der Waals surface area contributed by atoms with Crippen molar-refractivity contribution in [3.63, 3.8) is 0 Å². The quantitative estimate of drug-likeness (QED) is 0.787. The van der Waals surface area contributed by atoms with E-state index in [9.17, 15) is 9.18 Å². The molecule has 3 rings (SSSR count). The Morgan fingerprint density at radius 3 is 2.38 bits per heavy atom. The minimum absolute atomic E-state index is 0.132. The van der Waals surface area contributed by atoms with Crippen molar-refractivity contribution in [1.29, 1.82) is 0 Å². The Kier molecular flexibility index (Phi) is 5.92. The highest BCUT2D eigenvalue weighted by molar-refractivity contribution is 5.78. The molecular weight excluding hydrogens is 335 g/mol. The van der Waals surface area contributed by atoms with Crippen molar-refractivity contribution in [3.05, 3.63) is 35.9 Å². The van der Waals surface area contributed by atoms with E-state index in [1.165, 1.54) is 12.1 Å². The van der Waals surface area contributed by atoms with E-state index in [4.69, 9.17) is 0 Å². The number of nitrogens with zero attached hydrogens (tertiary/aromatic N) is 6. The number of hydrogen-bond donors (Lipinski definition) is 0. The molecule has 1 amide bonds. The van der Waals surface area contributed by atoms with E-state index in [1.807, 2.05) is 4.90 Å².